The van der Waals surface area contributed by atoms with E-state index in [4.69, 9.17) is 0 Å². The number of aryl methyl sites for hydroxylation is 1. The van der Waals surface area contributed by atoms with Crippen LogP contribution in [0.25, 0.3) is 10.8 Å². The van der Waals surface area contributed by atoms with Gasteiger partial charge in [0.25, 0.3) is 5.91 Å². The van der Waals surface area contributed by atoms with E-state index in [1.54, 1.807) is 18.2 Å². The molecule has 0 atom stereocenters. The SMILES string of the molecule is Cc1nc(C(F)(F)F)ccc1C(=O)N1CCN(S(=O)(=O)c2ccc3ccccc3c2)CC1. The molecule has 2 heterocycles. The van der Waals surface area contributed by atoms with Crippen LogP contribution in [0.15, 0.2) is 59.5 Å². The summed E-state index contributed by atoms with van der Waals surface area (Å²) >= 11 is 0. The number of fused-ring (bicyclic) bond motifs is 1. The number of hydrogen-bond acceptors (Lipinski definition) is 4. The number of carbonyl (C=O) groups excluding carboxylic acids is 1. The van der Waals surface area contributed by atoms with E-state index in [9.17, 15) is 26.4 Å². The van der Waals surface area contributed by atoms with Crippen LogP contribution >= 0.6 is 0 Å². The molecule has 1 amide bonds. The number of halogens is 3. The molecule has 6 nitrogen and oxygen atoms in total. The van der Waals surface area contributed by atoms with E-state index in [0.717, 1.165) is 22.9 Å². The van der Waals surface area contributed by atoms with E-state index >= 15 is 0 Å². The zero-order chi connectivity index (χ0) is 23.1. The van der Waals surface area contributed by atoms with Crippen molar-refractivity contribution in [2.45, 2.75) is 18.0 Å². The van der Waals surface area contributed by atoms with Crippen LogP contribution in [-0.2, 0) is 16.2 Å². The molecule has 1 aliphatic heterocycles. The number of hydrogen-bond donors (Lipinski definition) is 0. The lowest BCUT2D eigenvalue weighted by atomic mass is 10.1. The minimum absolute atomic E-state index is 0.0176. The Morgan fingerprint density at radius 3 is 2.22 bits per heavy atom. The topological polar surface area (TPSA) is 70.6 Å². The van der Waals surface area contributed by atoms with E-state index in [0.29, 0.717) is 0 Å². The quantitative estimate of drug-likeness (QED) is 0.594. The Morgan fingerprint density at radius 1 is 0.938 bits per heavy atom. The molecule has 0 radical (unpaired) electrons. The summed E-state index contributed by atoms with van der Waals surface area (Å²) in [7, 11) is -3.74. The predicted molar refractivity (Wildman–Crippen MR) is 113 cm³/mol. The summed E-state index contributed by atoms with van der Waals surface area (Å²) in [4.78, 5) is 17.9. The molecule has 1 aliphatic rings. The summed E-state index contributed by atoms with van der Waals surface area (Å²) in [5.74, 6) is -0.466. The molecule has 0 aliphatic carbocycles. The number of piperazine rings is 1. The lowest BCUT2D eigenvalue weighted by Gasteiger charge is -2.34. The van der Waals surface area contributed by atoms with Gasteiger partial charge in [0.1, 0.15) is 5.69 Å². The molecule has 32 heavy (non-hydrogen) atoms. The maximum Gasteiger partial charge on any atom is 0.433 e. The van der Waals surface area contributed by atoms with Crippen molar-refractivity contribution >= 4 is 26.7 Å². The number of rotatable bonds is 3. The van der Waals surface area contributed by atoms with Gasteiger partial charge in [0.05, 0.1) is 16.2 Å². The molecular formula is C22H20F3N3O3S. The molecule has 3 aromatic rings. The summed E-state index contributed by atoms with van der Waals surface area (Å²) in [5.41, 5.74) is -1.00. The molecule has 0 spiro atoms. The van der Waals surface area contributed by atoms with Gasteiger partial charge < -0.3 is 4.90 Å². The number of sulfonamides is 1. The van der Waals surface area contributed by atoms with Gasteiger partial charge in [0, 0.05) is 26.2 Å². The minimum Gasteiger partial charge on any atom is -0.336 e. The fourth-order valence-electron chi connectivity index (χ4n) is 3.72. The third kappa shape index (κ3) is 4.20. The van der Waals surface area contributed by atoms with Crippen molar-refractivity contribution in [1.29, 1.82) is 0 Å². The van der Waals surface area contributed by atoms with Crippen molar-refractivity contribution < 1.29 is 26.4 Å². The molecule has 1 fully saturated rings. The number of carbonyl (C=O) groups is 1. The summed E-state index contributed by atoms with van der Waals surface area (Å²) < 4.78 is 65.9. The Balaban J connectivity index is 1.48. The summed E-state index contributed by atoms with van der Waals surface area (Å²) in [6, 6.07) is 14.3. The van der Waals surface area contributed by atoms with Crippen LogP contribution in [0.1, 0.15) is 21.7 Å². The van der Waals surface area contributed by atoms with Gasteiger partial charge in [-0.2, -0.15) is 17.5 Å². The van der Waals surface area contributed by atoms with Crippen molar-refractivity contribution in [3.63, 3.8) is 0 Å². The zero-order valence-electron chi connectivity index (χ0n) is 17.1. The Hall–Kier alpha value is -2.98. The standard InChI is InChI=1S/C22H20F3N3O3S/c1-15-19(8-9-20(26-15)22(23,24)25)21(29)27-10-12-28(13-11-27)32(30,31)18-7-6-16-4-2-3-5-17(16)14-18/h2-9,14H,10-13H2,1H3. The van der Waals surface area contributed by atoms with E-state index in [2.05, 4.69) is 4.98 Å². The highest BCUT2D eigenvalue weighted by atomic mass is 32.2. The number of pyridine rings is 1. The van der Waals surface area contributed by atoms with Gasteiger partial charge in [-0.25, -0.2) is 13.4 Å². The highest BCUT2D eigenvalue weighted by Gasteiger charge is 2.34. The Morgan fingerprint density at radius 2 is 1.59 bits per heavy atom. The Kier molecular flexibility index (Phi) is 5.68. The zero-order valence-corrected chi connectivity index (χ0v) is 17.9. The van der Waals surface area contributed by atoms with Gasteiger partial charge in [-0.3, -0.25) is 4.79 Å². The monoisotopic (exact) mass is 463 g/mol. The lowest BCUT2D eigenvalue weighted by Crippen LogP contribution is -2.50. The highest BCUT2D eigenvalue weighted by Crippen LogP contribution is 2.29. The third-order valence-electron chi connectivity index (χ3n) is 5.49. The first kappa shape index (κ1) is 22.2. The van der Waals surface area contributed by atoms with Gasteiger partial charge in [0.15, 0.2) is 0 Å². The number of alkyl halides is 3. The molecule has 0 saturated carbocycles. The fourth-order valence-corrected chi connectivity index (χ4v) is 5.18. The molecule has 2 aromatic carbocycles. The number of nitrogens with zero attached hydrogens (tertiary/aromatic N) is 3. The summed E-state index contributed by atoms with van der Waals surface area (Å²) in [6.07, 6.45) is -4.59. The van der Waals surface area contributed by atoms with Gasteiger partial charge in [0.2, 0.25) is 10.0 Å². The van der Waals surface area contributed by atoms with Crippen LogP contribution in [0, 0.1) is 6.92 Å². The van der Waals surface area contributed by atoms with E-state index in [1.165, 1.54) is 16.1 Å². The normalized spacial score (nSPS) is 15.8. The molecule has 1 saturated heterocycles. The Labute approximate surface area is 183 Å². The average molecular weight is 463 g/mol. The van der Waals surface area contributed by atoms with Gasteiger partial charge in [-0.05, 0) is 42.0 Å². The first-order valence-corrected chi connectivity index (χ1v) is 11.3. The van der Waals surface area contributed by atoms with E-state index < -0.39 is 27.8 Å². The van der Waals surface area contributed by atoms with E-state index in [-0.39, 0.29) is 42.3 Å². The highest BCUT2D eigenvalue weighted by molar-refractivity contribution is 7.89. The summed E-state index contributed by atoms with van der Waals surface area (Å²) in [5, 5.41) is 1.75. The van der Waals surface area contributed by atoms with Gasteiger partial charge in [-0.1, -0.05) is 30.3 Å². The molecule has 10 heteroatoms. The predicted octanol–water partition coefficient (Wildman–Crippen LogP) is 3.71. The molecule has 4 rings (SSSR count). The second-order valence-electron chi connectivity index (χ2n) is 7.53. The van der Waals surface area contributed by atoms with Crippen molar-refractivity contribution in [3.8, 4) is 0 Å². The molecule has 0 bridgehead atoms. The van der Waals surface area contributed by atoms with Crippen molar-refractivity contribution in [2.75, 3.05) is 26.2 Å². The largest absolute Gasteiger partial charge is 0.433 e. The van der Waals surface area contributed by atoms with Crippen LogP contribution in [0.4, 0.5) is 13.2 Å². The van der Waals surface area contributed by atoms with Gasteiger partial charge >= 0.3 is 6.18 Å². The molecule has 0 unspecified atom stereocenters. The third-order valence-corrected chi connectivity index (χ3v) is 7.39. The smallest absolute Gasteiger partial charge is 0.336 e. The molecule has 168 valence electrons. The van der Waals surface area contributed by atoms with Crippen LogP contribution in [0.2, 0.25) is 0 Å². The molecule has 0 N–H and O–H groups in total. The second-order valence-corrected chi connectivity index (χ2v) is 9.47. The molecule has 1 aromatic heterocycles. The van der Waals surface area contributed by atoms with Crippen LogP contribution in [0.3, 0.4) is 0 Å². The maximum atomic E-state index is 13.1. The van der Waals surface area contributed by atoms with Crippen molar-refractivity contribution in [3.05, 3.63) is 71.5 Å². The summed E-state index contributed by atoms with van der Waals surface area (Å²) in [6.45, 7) is 1.79. The van der Waals surface area contributed by atoms with Crippen LogP contribution in [0.5, 0.6) is 0 Å². The first-order valence-electron chi connectivity index (χ1n) is 9.90. The minimum atomic E-state index is -4.59. The number of benzene rings is 2. The average Bonchev–Trinajstić information content (AvgIpc) is 2.77. The number of aromatic nitrogens is 1. The van der Waals surface area contributed by atoms with Crippen molar-refractivity contribution in [2.24, 2.45) is 0 Å². The Bertz CT molecular complexity index is 1280. The lowest BCUT2D eigenvalue weighted by molar-refractivity contribution is -0.141. The van der Waals surface area contributed by atoms with E-state index in [1.807, 2.05) is 24.3 Å². The van der Waals surface area contributed by atoms with Crippen LogP contribution in [-0.4, -0.2) is 54.7 Å². The second kappa shape index (κ2) is 8.18. The van der Waals surface area contributed by atoms with Gasteiger partial charge in [-0.15, -0.1) is 0 Å². The maximum absolute atomic E-state index is 13.1. The van der Waals surface area contributed by atoms with Crippen molar-refractivity contribution in [1.82, 2.24) is 14.2 Å². The van der Waals surface area contributed by atoms with Crippen LogP contribution < -0.4 is 0 Å². The first-order chi connectivity index (χ1) is 15.1. The fraction of sp³-hybridized carbons (Fsp3) is 0.273. The number of amides is 1. The molecular weight excluding hydrogens is 443 g/mol.